The van der Waals surface area contributed by atoms with Crippen molar-refractivity contribution in [3.05, 3.63) is 71.8 Å². The zero-order valence-corrected chi connectivity index (χ0v) is 67.3. The van der Waals surface area contributed by atoms with Crippen LogP contribution in [0.25, 0.3) is 0 Å². The Labute approximate surface area is 621 Å². The molecule has 99 heavy (non-hydrogen) atoms. The van der Waals surface area contributed by atoms with E-state index in [0.29, 0.717) is 0 Å². The zero-order valence-electron chi connectivity index (χ0n) is 67.3. The predicted octanol–water partition coefficient (Wildman–Crippen LogP) is 34.3. The number of aliphatic imine (C=N–C) groups is 2. The first-order valence-corrected chi connectivity index (χ1v) is 45.2. The summed E-state index contributed by atoms with van der Waals surface area (Å²) in [4.78, 5) is 10.8. The molecule has 0 aliphatic rings. The monoisotopic (exact) mass is 1360 g/mol. The van der Waals surface area contributed by atoms with Gasteiger partial charge in [-0.15, -0.1) is 0 Å². The van der Waals surface area contributed by atoms with Gasteiger partial charge in [-0.1, -0.05) is 487 Å². The lowest BCUT2D eigenvalue weighted by Crippen LogP contribution is -2.12. The summed E-state index contributed by atoms with van der Waals surface area (Å²) in [6, 6.07) is 17.3. The summed E-state index contributed by atoms with van der Waals surface area (Å²) >= 11 is 0. The Kier molecular flexibility index (Phi) is 71.6. The van der Waals surface area contributed by atoms with E-state index in [9.17, 15) is 0 Å². The van der Waals surface area contributed by atoms with Gasteiger partial charge in [-0.05, 0) is 81.0 Å². The standard InChI is InChI=1S/C97H168N2/c1-5-9-13-16-19-22-25-28-31-34-37-40-42-44-46-48-51-53-56-59-62-65-68-71-74-77-82-92-84-80-86-94(90-92)98-96(88-12-8-4)97(89-79-76-73-70-67-64-61-58-55-50-39-36-33-30-27-24-21-18-15-11-7-3)99-95-87-81-85-93(91-95)83-78-75-72-69-66-63-60-57-54-52-49-47-45-43-41-38-35-32-29-26-23-20-17-14-10-6-2/h79-81,84-87,89-91H,5-76,88H2,1-4H3. The van der Waals surface area contributed by atoms with Gasteiger partial charge in [0.2, 0.25) is 0 Å². The third kappa shape index (κ3) is 65.2. The van der Waals surface area contributed by atoms with Crippen LogP contribution in [0.4, 0.5) is 11.4 Å². The van der Waals surface area contributed by atoms with E-state index in [1.807, 2.05) is 0 Å². The van der Waals surface area contributed by atoms with Crippen molar-refractivity contribution in [1.29, 1.82) is 0 Å². The molecule has 2 aromatic carbocycles. The molecule has 566 valence electrons. The van der Waals surface area contributed by atoms with Crippen molar-refractivity contribution < 1.29 is 0 Å². The molecular weight excluding hydrogens is 1190 g/mol. The van der Waals surface area contributed by atoms with Crippen LogP contribution in [0.15, 0.2) is 70.7 Å². The number of hydrogen-bond acceptors (Lipinski definition) is 2. The average molecular weight is 1360 g/mol. The second-order valence-electron chi connectivity index (χ2n) is 31.2. The van der Waals surface area contributed by atoms with Gasteiger partial charge in [0, 0.05) is 24.0 Å². The highest BCUT2D eigenvalue weighted by molar-refractivity contribution is 6.47. The van der Waals surface area contributed by atoms with E-state index in [-0.39, 0.29) is 0 Å². The topological polar surface area (TPSA) is 24.7 Å². The number of unbranched alkanes of at least 4 members (excludes halogenated alkanes) is 68. The molecule has 0 amide bonds. The minimum atomic E-state index is 0.896. The summed E-state index contributed by atoms with van der Waals surface area (Å²) in [5.41, 5.74) is 6.11. The summed E-state index contributed by atoms with van der Waals surface area (Å²) in [7, 11) is 0. The van der Waals surface area contributed by atoms with Crippen LogP contribution < -0.4 is 0 Å². The van der Waals surface area contributed by atoms with Gasteiger partial charge >= 0.3 is 0 Å². The van der Waals surface area contributed by atoms with Crippen molar-refractivity contribution in [2.75, 3.05) is 0 Å². The Morgan fingerprint density at radius 2 is 0.495 bits per heavy atom. The van der Waals surface area contributed by atoms with E-state index in [1.165, 1.54) is 430 Å². The van der Waals surface area contributed by atoms with E-state index in [4.69, 9.17) is 9.98 Å². The van der Waals surface area contributed by atoms with Crippen molar-refractivity contribution in [3.8, 4) is 23.7 Å². The Hall–Kier alpha value is -3.36. The molecule has 0 N–H and O–H groups in total. The molecule has 2 rings (SSSR count). The first-order valence-electron chi connectivity index (χ1n) is 45.2. The van der Waals surface area contributed by atoms with Crippen LogP contribution in [0.3, 0.4) is 0 Å². The fourth-order valence-electron chi connectivity index (χ4n) is 14.6. The molecule has 0 unspecified atom stereocenters. The lowest BCUT2D eigenvalue weighted by Gasteiger charge is -2.09. The molecule has 0 saturated carbocycles. The number of rotatable bonds is 75. The fourth-order valence-corrected chi connectivity index (χ4v) is 14.6. The fraction of sp³-hybridized carbons (Fsp3) is 0.794. The number of hydrogen-bond donors (Lipinski definition) is 0. The summed E-state index contributed by atoms with van der Waals surface area (Å²) < 4.78 is 0. The maximum Gasteiger partial charge on any atom is 0.0848 e. The van der Waals surface area contributed by atoms with Crippen LogP contribution in [0.5, 0.6) is 0 Å². The smallest absolute Gasteiger partial charge is 0.0848 e. The predicted molar refractivity (Wildman–Crippen MR) is 450 cm³/mol. The van der Waals surface area contributed by atoms with Gasteiger partial charge in [0.25, 0.3) is 0 Å². The minimum Gasteiger partial charge on any atom is -0.251 e. The van der Waals surface area contributed by atoms with Gasteiger partial charge in [0.1, 0.15) is 0 Å². The quantitative estimate of drug-likeness (QED) is 0.0358. The number of allylic oxidation sites excluding steroid dienone is 2. The van der Waals surface area contributed by atoms with Crippen molar-refractivity contribution in [2.24, 2.45) is 9.98 Å². The van der Waals surface area contributed by atoms with Crippen LogP contribution in [-0.2, 0) is 0 Å². The molecular formula is C97H168N2. The minimum absolute atomic E-state index is 0.896. The van der Waals surface area contributed by atoms with Crippen molar-refractivity contribution in [3.63, 3.8) is 0 Å². The van der Waals surface area contributed by atoms with Crippen LogP contribution >= 0.6 is 0 Å². The van der Waals surface area contributed by atoms with Gasteiger partial charge in [-0.3, -0.25) is 4.99 Å². The van der Waals surface area contributed by atoms with E-state index in [0.717, 1.165) is 72.4 Å². The van der Waals surface area contributed by atoms with Gasteiger partial charge in [-0.2, -0.15) is 0 Å². The first kappa shape index (κ1) is 91.7. The Bertz CT molecular complexity index is 2200. The zero-order chi connectivity index (χ0) is 70.4. The Balaban J connectivity index is 1.81. The molecule has 2 heteroatoms. The maximum absolute atomic E-state index is 5.41. The molecule has 0 spiro atoms. The SMILES string of the molecule is CCCCCCCCCCCCCCCCCCCCCC=CC(=Nc1cccc(C#CCCCCCCCCCCCCCCCCCCCCCCCCCC)c1)C(CCCC)=Nc1cccc(C#CCCCCCCCCCCCCCCCCCCCCCCCCCC)c1. The molecule has 0 atom stereocenters. The van der Waals surface area contributed by atoms with Gasteiger partial charge in [0.05, 0.1) is 22.8 Å². The molecule has 0 aliphatic carbocycles. The number of nitrogens with zero attached hydrogens (tertiary/aromatic N) is 2. The van der Waals surface area contributed by atoms with Crippen molar-refractivity contribution in [2.45, 2.75) is 496 Å². The molecule has 2 nitrogen and oxygen atoms in total. The lowest BCUT2D eigenvalue weighted by molar-refractivity contribution is 0.517. The Morgan fingerprint density at radius 1 is 0.263 bits per heavy atom. The van der Waals surface area contributed by atoms with Crippen LogP contribution in [0.1, 0.15) is 508 Å². The lowest BCUT2D eigenvalue weighted by atomic mass is 10.0. The highest BCUT2D eigenvalue weighted by atomic mass is 14.8. The molecule has 0 aromatic heterocycles. The van der Waals surface area contributed by atoms with E-state index in [1.54, 1.807) is 0 Å². The van der Waals surface area contributed by atoms with E-state index in [2.05, 4.69) is 112 Å². The van der Waals surface area contributed by atoms with Crippen molar-refractivity contribution >= 4 is 22.8 Å². The van der Waals surface area contributed by atoms with Crippen molar-refractivity contribution in [1.82, 2.24) is 0 Å². The molecule has 0 bridgehead atoms. The molecule has 0 aliphatic heterocycles. The Morgan fingerprint density at radius 3 is 0.758 bits per heavy atom. The molecule has 2 aromatic rings. The van der Waals surface area contributed by atoms with E-state index < -0.39 is 0 Å². The second kappa shape index (κ2) is 77.3. The highest BCUT2D eigenvalue weighted by Crippen LogP contribution is 2.24. The third-order valence-electron chi connectivity index (χ3n) is 21.3. The number of benzene rings is 2. The first-order chi connectivity index (χ1) is 49.2. The third-order valence-corrected chi connectivity index (χ3v) is 21.3. The normalized spacial score (nSPS) is 11.9. The average Bonchev–Trinajstić information content (AvgIpc) is 1.10. The summed E-state index contributed by atoms with van der Waals surface area (Å²) in [6.07, 6.45) is 106. The van der Waals surface area contributed by atoms with Gasteiger partial charge in [-0.25, -0.2) is 4.99 Å². The van der Waals surface area contributed by atoms with Gasteiger partial charge < -0.3 is 0 Å². The van der Waals surface area contributed by atoms with Crippen LogP contribution in [0.2, 0.25) is 0 Å². The van der Waals surface area contributed by atoms with Crippen LogP contribution in [-0.4, -0.2) is 11.4 Å². The van der Waals surface area contributed by atoms with E-state index >= 15 is 0 Å². The molecule has 0 saturated heterocycles. The molecule has 0 radical (unpaired) electrons. The largest absolute Gasteiger partial charge is 0.251 e. The maximum atomic E-state index is 5.41. The second-order valence-corrected chi connectivity index (χ2v) is 31.2. The molecule has 0 heterocycles. The highest BCUT2D eigenvalue weighted by Gasteiger charge is 2.10. The summed E-state index contributed by atoms with van der Waals surface area (Å²) in [6.45, 7) is 9.22. The van der Waals surface area contributed by atoms with Crippen LogP contribution in [0, 0.1) is 23.7 Å². The summed E-state index contributed by atoms with van der Waals surface area (Å²) in [5, 5.41) is 0. The van der Waals surface area contributed by atoms with Gasteiger partial charge in [0.15, 0.2) is 0 Å². The summed E-state index contributed by atoms with van der Waals surface area (Å²) in [5.74, 6) is 14.1. The molecule has 0 fully saturated rings.